The van der Waals surface area contributed by atoms with Gasteiger partial charge in [-0.15, -0.1) is 0 Å². The Morgan fingerprint density at radius 1 is 1.24 bits per heavy atom. The van der Waals surface area contributed by atoms with E-state index in [9.17, 15) is 4.79 Å². The van der Waals surface area contributed by atoms with Crippen molar-refractivity contribution in [3.8, 4) is 5.75 Å². The van der Waals surface area contributed by atoms with Crippen molar-refractivity contribution in [1.82, 2.24) is 15.1 Å². The van der Waals surface area contributed by atoms with Gasteiger partial charge in [0.25, 0.3) is 5.91 Å². The van der Waals surface area contributed by atoms with Gasteiger partial charge in [0.05, 0.1) is 6.04 Å². The van der Waals surface area contributed by atoms with Crippen molar-refractivity contribution >= 4 is 17.5 Å². The molecular weight excluding hydrogens is 338 g/mol. The smallest absolute Gasteiger partial charge is 0.263 e. The van der Waals surface area contributed by atoms with Crippen LogP contribution < -0.4 is 10.1 Å². The number of rotatable bonds is 5. The zero-order valence-corrected chi connectivity index (χ0v) is 15.4. The molecule has 2 aromatic rings. The average Bonchev–Trinajstić information content (AvgIpc) is 3.12. The minimum absolute atomic E-state index is 0.0926. The van der Waals surface area contributed by atoms with Gasteiger partial charge in [-0.3, -0.25) is 9.48 Å². The number of carbonyl (C=O) groups excluding carboxylic acids is 1. The van der Waals surface area contributed by atoms with E-state index in [2.05, 4.69) is 10.4 Å². The van der Waals surface area contributed by atoms with Crippen molar-refractivity contribution in [3.63, 3.8) is 0 Å². The highest BCUT2D eigenvalue weighted by Gasteiger charge is 2.33. The molecule has 1 saturated carbocycles. The second kappa shape index (κ2) is 7.48. The first kappa shape index (κ1) is 17.8. The molecule has 0 radical (unpaired) electrons. The first-order valence-corrected chi connectivity index (χ1v) is 9.06. The number of ether oxygens (including phenoxy) is 1. The van der Waals surface area contributed by atoms with E-state index in [1.54, 1.807) is 38.1 Å². The van der Waals surface area contributed by atoms with E-state index in [4.69, 9.17) is 16.3 Å². The highest BCUT2D eigenvalue weighted by Crippen LogP contribution is 2.28. The van der Waals surface area contributed by atoms with E-state index in [1.165, 1.54) is 0 Å². The van der Waals surface area contributed by atoms with Crippen molar-refractivity contribution < 1.29 is 9.53 Å². The molecule has 3 rings (SSSR count). The van der Waals surface area contributed by atoms with E-state index < -0.39 is 5.60 Å². The number of benzene rings is 1. The van der Waals surface area contributed by atoms with E-state index in [-0.39, 0.29) is 11.9 Å². The second-order valence-electron chi connectivity index (χ2n) is 7.03. The van der Waals surface area contributed by atoms with Crippen LogP contribution in [0.3, 0.4) is 0 Å². The van der Waals surface area contributed by atoms with Gasteiger partial charge < -0.3 is 10.1 Å². The molecule has 0 atom stereocenters. The Bertz CT molecular complexity index is 690. The number of amides is 1. The summed E-state index contributed by atoms with van der Waals surface area (Å²) in [7, 11) is 0. The summed E-state index contributed by atoms with van der Waals surface area (Å²) in [5.41, 5.74) is -0.938. The summed E-state index contributed by atoms with van der Waals surface area (Å²) < 4.78 is 7.87. The summed E-state index contributed by atoms with van der Waals surface area (Å²) in [6.07, 6.45) is 7.76. The molecule has 0 aliphatic heterocycles. The van der Waals surface area contributed by atoms with Crippen molar-refractivity contribution in [2.75, 3.05) is 0 Å². The molecule has 1 N–H and O–H groups in total. The van der Waals surface area contributed by atoms with Crippen LogP contribution in [0.4, 0.5) is 0 Å². The van der Waals surface area contributed by atoms with Crippen LogP contribution in [-0.4, -0.2) is 27.3 Å². The maximum Gasteiger partial charge on any atom is 0.263 e. The standard InChI is InChI=1S/C19H24ClN3O2/c1-19(2,25-17-10-4-14(20)5-11-17)18(24)22-15-6-8-16(9-7-15)23-13-3-12-21-23/h3-5,10-13,15-16H,6-9H2,1-2H3,(H,22,24). The lowest BCUT2D eigenvalue weighted by Gasteiger charge is -2.32. The minimum atomic E-state index is -0.938. The molecule has 1 heterocycles. The number of hydrogen-bond donors (Lipinski definition) is 1. The first-order chi connectivity index (χ1) is 11.9. The van der Waals surface area contributed by atoms with Crippen LogP contribution in [0.25, 0.3) is 0 Å². The molecule has 134 valence electrons. The van der Waals surface area contributed by atoms with Gasteiger partial charge in [-0.05, 0) is 69.9 Å². The average molecular weight is 362 g/mol. The highest BCUT2D eigenvalue weighted by molar-refractivity contribution is 6.30. The van der Waals surface area contributed by atoms with Gasteiger partial charge in [0.1, 0.15) is 5.75 Å². The number of aromatic nitrogens is 2. The molecule has 1 amide bonds. The fourth-order valence-corrected chi connectivity index (χ4v) is 3.31. The fraction of sp³-hybridized carbons (Fsp3) is 0.474. The van der Waals surface area contributed by atoms with Crippen molar-refractivity contribution in [1.29, 1.82) is 0 Å². The lowest BCUT2D eigenvalue weighted by molar-refractivity contribution is -0.135. The summed E-state index contributed by atoms with van der Waals surface area (Å²) in [5.74, 6) is 0.539. The van der Waals surface area contributed by atoms with Crippen LogP contribution >= 0.6 is 11.6 Å². The molecule has 5 nitrogen and oxygen atoms in total. The third-order valence-electron chi connectivity index (χ3n) is 4.66. The monoisotopic (exact) mass is 361 g/mol. The zero-order chi connectivity index (χ0) is 17.9. The molecule has 1 fully saturated rings. The third-order valence-corrected chi connectivity index (χ3v) is 4.92. The van der Waals surface area contributed by atoms with Crippen LogP contribution in [0.5, 0.6) is 5.75 Å². The quantitative estimate of drug-likeness (QED) is 0.875. The first-order valence-electron chi connectivity index (χ1n) is 8.69. The van der Waals surface area contributed by atoms with Gasteiger partial charge in [0.2, 0.25) is 0 Å². The van der Waals surface area contributed by atoms with E-state index in [1.807, 2.05) is 23.1 Å². The molecule has 6 heteroatoms. The zero-order valence-electron chi connectivity index (χ0n) is 14.6. The molecule has 0 unspecified atom stereocenters. The molecular formula is C19H24ClN3O2. The summed E-state index contributed by atoms with van der Waals surface area (Å²) >= 11 is 5.88. The highest BCUT2D eigenvalue weighted by atomic mass is 35.5. The molecule has 25 heavy (non-hydrogen) atoms. The van der Waals surface area contributed by atoms with Gasteiger partial charge in [-0.2, -0.15) is 5.10 Å². The summed E-state index contributed by atoms with van der Waals surface area (Å²) in [6.45, 7) is 3.57. The number of nitrogens with zero attached hydrogens (tertiary/aromatic N) is 2. The topological polar surface area (TPSA) is 56.1 Å². The van der Waals surface area contributed by atoms with Crippen LogP contribution in [0.15, 0.2) is 42.7 Å². The largest absolute Gasteiger partial charge is 0.478 e. The van der Waals surface area contributed by atoms with Crippen molar-refractivity contribution in [2.45, 2.75) is 57.2 Å². The summed E-state index contributed by atoms with van der Waals surface area (Å²) in [5, 5.41) is 8.10. The van der Waals surface area contributed by atoms with E-state index in [0.717, 1.165) is 25.7 Å². The lowest BCUT2D eigenvalue weighted by atomic mass is 9.90. The molecule has 1 aromatic carbocycles. The predicted molar refractivity (Wildman–Crippen MR) is 97.8 cm³/mol. The Kier molecular flexibility index (Phi) is 5.33. The molecule has 0 spiro atoms. The number of hydrogen-bond acceptors (Lipinski definition) is 3. The van der Waals surface area contributed by atoms with E-state index in [0.29, 0.717) is 16.8 Å². The SMILES string of the molecule is CC(C)(Oc1ccc(Cl)cc1)C(=O)NC1CCC(n2cccn2)CC1. The van der Waals surface area contributed by atoms with Gasteiger partial charge in [0.15, 0.2) is 5.60 Å². The molecule has 1 aromatic heterocycles. The Balaban J connectivity index is 1.52. The van der Waals surface area contributed by atoms with Crippen molar-refractivity contribution in [2.24, 2.45) is 0 Å². The fourth-order valence-electron chi connectivity index (χ4n) is 3.18. The third kappa shape index (κ3) is 4.54. The summed E-state index contributed by atoms with van der Waals surface area (Å²) in [6, 6.07) is 9.61. The maximum absolute atomic E-state index is 12.6. The Morgan fingerprint density at radius 2 is 1.92 bits per heavy atom. The van der Waals surface area contributed by atoms with Crippen molar-refractivity contribution in [3.05, 3.63) is 47.7 Å². The number of halogens is 1. The van der Waals surface area contributed by atoms with Crippen LogP contribution in [0, 0.1) is 0 Å². The molecule has 0 saturated heterocycles. The number of nitrogens with one attached hydrogen (secondary N) is 1. The molecule has 0 bridgehead atoms. The molecule has 1 aliphatic carbocycles. The minimum Gasteiger partial charge on any atom is -0.478 e. The Morgan fingerprint density at radius 3 is 2.52 bits per heavy atom. The van der Waals surface area contributed by atoms with Gasteiger partial charge in [0, 0.05) is 23.5 Å². The van der Waals surface area contributed by atoms with Gasteiger partial charge in [-0.1, -0.05) is 11.6 Å². The second-order valence-corrected chi connectivity index (χ2v) is 7.47. The normalized spacial score (nSPS) is 20.9. The van der Waals surface area contributed by atoms with Crippen LogP contribution in [0.1, 0.15) is 45.6 Å². The Hall–Kier alpha value is -2.01. The van der Waals surface area contributed by atoms with E-state index >= 15 is 0 Å². The predicted octanol–water partition coefficient (Wildman–Crippen LogP) is 3.99. The van der Waals surface area contributed by atoms with Crippen LogP contribution in [-0.2, 0) is 4.79 Å². The van der Waals surface area contributed by atoms with Crippen LogP contribution in [0.2, 0.25) is 5.02 Å². The summed E-state index contributed by atoms with van der Waals surface area (Å²) in [4.78, 5) is 12.6. The Labute approximate surface area is 153 Å². The lowest BCUT2D eigenvalue weighted by Crippen LogP contribution is -2.50. The maximum atomic E-state index is 12.6. The number of carbonyl (C=O) groups is 1. The molecule has 1 aliphatic rings. The van der Waals surface area contributed by atoms with Gasteiger partial charge >= 0.3 is 0 Å². The van der Waals surface area contributed by atoms with Gasteiger partial charge in [-0.25, -0.2) is 0 Å².